The molecule has 0 radical (unpaired) electrons. The highest BCUT2D eigenvalue weighted by Gasteiger charge is 2.31. The van der Waals surface area contributed by atoms with Crippen LogP contribution in [-0.4, -0.2) is 19.7 Å². The van der Waals surface area contributed by atoms with Crippen molar-refractivity contribution in [1.29, 1.82) is 0 Å². The number of hydrogen-bond donors (Lipinski definition) is 1. The van der Waals surface area contributed by atoms with Crippen LogP contribution < -0.4 is 10.5 Å². The van der Waals surface area contributed by atoms with Gasteiger partial charge in [0.25, 0.3) is 0 Å². The van der Waals surface area contributed by atoms with Crippen molar-refractivity contribution in [3.63, 3.8) is 0 Å². The van der Waals surface area contributed by atoms with E-state index in [1.807, 2.05) is 0 Å². The van der Waals surface area contributed by atoms with Gasteiger partial charge in [0.15, 0.2) is 0 Å². The van der Waals surface area contributed by atoms with Crippen LogP contribution >= 0.6 is 12.4 Å². The van der Waals surface area contributed by atoms with Crippen molar-refractivity contribution < 1.29 is 27.4 Å². The van der Waals surface area contributed by atoms with Gasteiger partial charge in [0.05, 0.1) is 25.7 Å². The molecule has 120 valence electrons. The fourth-order valence-corrected chi connectivity index (χ4v) is 1.70. The minimum absolute atomic E-state index is 0. The van der Waals surface area contributed by atoms with Crippen molar-refractivity contribution in [2.24, 2.45) is 5.73 Å². The predicted molar refractivity (Wildman–Crippen MR) is 73.4 cm³/mol. The number of alkyl halides is 3. The first-order valence-corrected chi connectivity index (χ1v) is 5.96. The maximum atomic E-state index is 12.6. The highest BCUT2D eigenvalue weighted by Crippen LogP contribution is 2.35. The zero-order valence-electron chi connectivity index (χ0n) is 11.6. The summed E-state index contributed by atoms with van der Waals surface area (Å²) in [5, 5.41) is 0. The summed E-state index contributed by atoms with van der Waals surface area (Å²) in [4.78, 5) is 11.3. The second kappa shape index (κ2) is 8.09. The third-order valence-electron chi connectivity index (χ3n) is 2.65. The summed E-state index contributed by atoms with van der Waals surface area (Å²) < 4.78 is 47.4. The third kappa shape index (κ3) is 5.43. The Hall–Kier alpha value is -1.47. The molecule has 1 aromatic carbocycles. The van der Waals surface area contributed by atoms with Gasteiger partial charge in [-0.25, -0.2) is 0 Å². The summed E-state index contributed by atoms with van der Waals surface area (Å²) in [6.07, 6.45) is -4.59. The first-order valence-electron chi connectivity index (χ1n) is 5.96. The Morgan fingerprint density at radius 3 is 2.48 bits per heavy atom. The first kappa shape index (κ1) is 19.5. The van der Waals surface area contributed by atoms with Crippen LogP contribution in [0.5, 0.6) is 5.75 Å². The Bertz CT molecular complexity index is 480. The van der Waals surface area contributed by atoms with E-state index in [1.54, 1.807) is 6.92 Å². The molecule has 0 aliphatic carbocycles. The molecular formula is C13H17ClF3NO3. The van der Waals surface area contributed by atoms with E-state index in [-0.39, 0.29) is 31.2 Å². The van der Waals surface area contributed by atoms with Gasteiger partial charge in [-0.1, -0.05) is 6.07 Å². The molecule has 0 saturated carbocycles. The molecule has 1 aromatic rings. The van der Waals surface area contributed by atoms with Crippen LogP contribution in [0.15, 0.2) is 18.2 Å². The minimum atomic E-state index is -4.46. The van der Waals surface area contributed by atoms with Gasteiger partial charge in [-0.15, -0.1) is 12.4 Å². The highest BCUT2D eigenvalue weighted by molar-refractivity contribution is 5.85. The Kier molecular flexibility index (Phi) is 7.52. The van der Waals surface area contributed by atoms with E-state index >= 15 is 0 Å². The van der Waals surface area contributed by atoms with Gasteiger partial charge < -0.3 is 15.2 Å². The maximum absolute atomic E-state index is 12.6. The molecule has 0 aliphatic heterocycles. The van der Waals surface area contributed by atoms with Crippen LogP contribution in [0.1, 0.15) is 30.5 Å². The molecule has 1 atom stereocenters. The molecule has 2 N–H and O–H groups in total. The molecule has 8 heteroatoms. The smallest absolute Gasteiger partial charge is 0.416 e. The van der Waals surface area contributed by atoms with Crippen molar-refractivity contribution in [3.05, 3.63) is 29.3 Å². The van der Waals surface area contributed by atoms with Gasteiger partial charge in [0.1, 0.15) is 5.75 Å². The summed E-state index contributed by atoms with van der Waals surface area (Å²) in [5.41, 5.74) is 5.29. The van der Waals surface area contributed by atoms with Crippen LogP contribution in [0, 0.1) is 0 Å². The summed E-state index contributed by atoms with van der Waals surface area (Å²) >= 11 is 0. The van der Waals surface area contributed by atoms with Gasteiger partial charge in [-0.2, -0.15) is 13.2 Å². The Labute approximate surface area is 126 Å². The van der Waals surface area contributed by atoms with Gasteiger partial charge >= 0.3 is 12.1 Å². The van der Waals surface area contributed by atoms with Crippen molar-refractivity contribution >= 4 is 18.4 Å². The van der Waals surface area contributed by atoms with Crippen LogP contribution in [0.3, 0.4) is 0 Å². The van der Waals surface area contributed by atoms with Crippen LogP contribution in [0.4, 0.5) is 13.2 Å². The topological polar surface area (TPSA) is 61.5 Å². The molecule has 0 unspecified atom stereocenters. The Balaban J connectivity index is 0.00000400. The lowest BCUT2D eigenvalue weighted by molar-refractivity contribution is -0.143. The molecule has 0 heterocycles. The number of carbonyl (C=O) groups is 1. The number of halogens is 4. The molecule has 4 nitrogen and oxygen atoms in total. The molecule has 1 rings (SSSR count). The van der Waals surface area contributed by atoms with Crippen LogP contribution in [-0.2, 0) is 15.7 Å². The summed E-state index contributed by atoms with van der Waals surface area (Å²) in [7, 11) is 1.25. The molecule has 0 aromatic heterocycles. The van der Waals surface area contributed by atoms with Crippen molar-refractivity contribution in [2.75, 3.05) is 13.7 Å². The molecular weight excluding hydrogens is 311 g/mol. The van der Waals surface area contributed by atoms with Crippen LogP contribution in [0.2, 0.25) is 0 Å². The number of rotatable bonds is 5. The molecule has 0 amide bonds. The maximum Gasteiger partial charge on any atom is 0.416 e. The highest BCUT2D eigenvalue weighted by atomic mass is 35.5. The number of nitrogens with two attached hydrogens (primary N) is 1. The van der Waals surface area contributed by atoms with Gasteiger partial charge in [0, 0.05) is 11.6 Å². The predicted octanol–water partition coefficient (Wildman–Crippen LogP) is 3.09. The second-order valence-electron chi connectivity index (χ2n) is 4.07. The van der Waals surface area contributed by atoms with Crippen molar-refractivity contribution in [3.8, 4) is 5.75 Å². The zero-order valence-corrected chi connectivity index (χ0v) is 12.4. The first-order chi connectivity index (χ1) is 9.29. The van der Waals surface area contributed by atoms with Crippen LogP contribution in [0.25, 0.3) is 0 Å². The summed E-state index contributed by atoms with van der Waals surface area (Å²) in [6, 6.07) is 2.20. The minimum Gasteiger partial charge on any atom is -0.496 e. The van der Waals surface area contributed by atoms with E-state index in [9.17, 15) is 18.0 Å². The largest absolute Gasteiger partial charge is 0.496 e. The van der Waals surface area contributed by atoms with E-state index in [2.05, 4.69) is 0 Å². The quantitative estimate of drug-likeness (QED) is 0.844. The molecule has 0 saturated heterocycles. The molecule has 0 spiro atoms. The average molecular weight is 328 g/mol. The third-order valence-corrected chi connectivity index (χ3v) is 2.65. The molecule has 0 aliphatic rings. The van der Waals surface area contributed by atoms with Crippen molar-refractivity contribution in [1.82, 2.24) is 0 Å². The number of ether oxygens (including phenoxy) is 2. The monoisotopic (exact) mass is 327 g/mol. The number of methoxy groups -OCH3 is 1. The van der Waals surface area contributed by atoms with E-state index in [4.69, 9.17) is 15.2 Å². The van der Waals surface area contributed by atoms with Gasteiger partial charge in [-0.3, -0.25) is 4.79 Å². The van der Waals surface area contributed by atoms with Crippen molar-refractivity contribution in [2.45, 2.75) is 25.6 Å². The summed E-state index contributed by atoms with van der Waals surface area (Å²) in [6.45, 7) is 1.87. The zero-order chi connectivity index (χ0) is 15.3. The fraction of sp³-hybridized carbons (Fsp3) is 0.462. The average Bonchev–Trinajstić information content (AvgIpc) is 2.37. The van der Waals surface area contributed by atoms with E-state index in [1.165, 1.54) is 13.2 Å². The Morgan fingerprint density at radius 2 is 2.00 bits per heavy atom. The van der Waals surface area contributed by atoms with Gasteiger partial charge in [0.2, 0.25) is 0 Å². The molecule has 21 heavy (non-hydrogen) atoms. The Morgan fingerprint density at radius 1 is 1.38 bits per heavy atom. The standard InChI is InChI=1S/C13H16F3NO3.ClH/c1-3-20-12(18)7-10(17)9-5-4-8(13(14,15)16)6-11(9)19-2;/h4-6,10H,3,7,17H2,1-2H3;1H/t10-;/m1./s1. The normalized spacial score (nSPS) is 12.3. The number of carbonyl (C=O) groups excluding carboxylic acids is 1. The number of benzene rings is 1. The SMILES string of the molecule is CCOC(=O)C[C@@H](N)c1ccc(C(F)(F)F)cc1OC.Cl. The lowest BCUT2D eigenvalue weighted by Crippen LogP contribution is -2.18. The van der Waals surface area contributed by atoms with Gasteiger partial charge in [-0.05, 0) is 19.1 Å². The van der Waals surface area contributed by atoms with E-state index < -0.39 is 23.8 Å². The molecule has 0 bridgehead atoms. The number of hydrogen-bond acceptors (Lipinski definition) is 4. The van der Waals surface area contributed by atoms with E-state index in [0.29, 0.717) is 5.56 Å². The lowest BCUT2D eigenvalue weighted by atomic mass is 10.0. The molecule has 0 fully saturated rings. The lowest BCUT2D eigenvalue weighted by Gasteiger charge is -2.17. The summed E-state index contributed by atoms with van der Waals surface area (Å²) in [5.74, 6) is -0.515. The van der Waals surface area contributed by atoms with E-state index in [0.717, 1.165) is 12.1 Å². The second-order valence-corrected chi connectivity index (χ2v) is 4.07. The fourth-order valence-electron chi connectivity index (χ4n) is 1.70. The number of esters is 1.